The minimum atomic E-state index is 0.698. The van der Waals surface area contributed by atoms with Crippen LogP contribution >= 0.6 is 11.3 Å². The average molecular weight is 269 g/mol. The molecule has 0 saturated heterocycles. The molecular formula is C15H15N3S. The first-order valence-electron chi connectivity index (χ1n) is 6.23. The molecule has 0 aliphatic heterocycles. The van der Waals surface area contributed by atoms with Crippen molar-refractivity contribution in [2.75, 3.05) is 17.6 Å². The van der Waals surface area contributed by atoms with Crippen molar-refractivity contribution in [1.29, 1.82) is 0 Å². The number of para-hydroxylation sites is 1. The number of anilines is 2. The summed E-state index contributed by atoms with van der Waals surface area (Å²) in [4.78, 5) is 4.34. The molecule has 0 spiro atoms. The second-order valence-electron chi connectivity index (χ2n) is 4.41. The van der Waals surface area contributed by atoms with E-state index in [0.717, 1.165) is 29.6 Å². The van der Waals surface area contributed by atoms with E-state index in [0.29, 0.717) is 5.69 Å². The summed E-state index contributed by atoms with van der Waals surface area (Å²) in [5, 5.41) is 8.79. The molecule has 0 aliphatic carbocycles. The van der Waals surface area contributed by atoms with Gasteiger partial charge in [-0.05, 0) is 34.9 Å². The number of pyridine rings is 1. The third-order valence-electron chi connectivity index (χ3n) is 3.10. The molecule has 0 atom stereocenters. The predicted octanol–water partition coefficient (Wildman–Crippen LogP) is 3.53. The van der Waals surface area contributed by atoms with Crippen LogP contribution in [0.5, 0.6) is 0 Å². The van der Waals surface area contributed by atoms with Gasteiger partial charge in [-0.3, -0.25) is 4.98 Å². The van der Waals surface area contributed by atoms with Crippen LogP contribution in [0, 0.1) is 0 Å². The monoisotopic (exact) mass is 269 g/mol. The average Bonchev–Trinajstić information content (AvgIpc) is 2.94. The van der Waals surface area contributed by atoms with Crippen LogP contribution in [0.25, 0.3) is 10.9 Å². The van der Waals surface area contributed by atoms with Crippen molar-refractivity contribution in [3.63, 3.8) is 0 Å². The molecule has 0 amide bonds. The number of nitrogens with one attached hydrogen (secondary N) is 1. The number of nitrogen functional groups attached to an aromatic ring is 1. The van der Waals surface area contributed by atoms with E-state index in [1.165, 1.54) is 5.56 Å². The molecular weight excluding hydrogens is 254 g/mol. The molecule has 2 heterocycles. The van der Waals surface area contributed by atoms with Crippen molar-refractivity contribution in [2.45, 2.75) is 6.42 Å². The molecule has 0 unspecified atom stereocenters. The zero-order valence-electron chi connectivity index (χ0n) is 10.5. The van der Waals surface area contributed by atoms with Crippen molar-refractivity contribution in [3.05, 3.63) is 52.9 Å². The summed E-state index contributed by atoms with van der Waals surface area (Å²) >= 11 is 1.73. The van der Waals surface area contributed by atoms with Gasteiger partial charge in [-0.1, -0.05) is 18.2 Å². The van der Waals surface area contributed by atoms with Crippen molar-refractivity contribution < 1.29 is 0 Å². The van der Waals surface area contributed by atoms with Gasteiger partial charge in [0.05, 0.1) is 23.1 Å². The van der Waals surface area contributed by atoms with E-state index >= 15 is 0 Å². The highest BCUT2D eigenvalue weighted by Crippen LogP contribution is 2.27. The molecule has 0 saturated carbocycles. The lowest BCUT2D eigenvalue weighted by molar-refractivity contribution is 1.03. The number of benzene rings is 1. The number of nitrogens with two attached hydrogens (primary N) is 1. The van der Waals surface area contributed by atoms with E-state index in [2.05, 4.69) is 27.1 Å². The molecule has 0 bridgehead atoms. The molecule has 0 aliphatic rings. The normalized spacial score (nSPS) is 10.7. The molecule has 4 heteroatoms. The van der Waals surface area contributed by atoms with Crippen LogP contribution in [0.15, 0.2) is 47.3 Å². The summed E-state index contributed by atoms with van der Waals surface area (Å²) in [7, 11) is 0. The summed E-state index contributed by atoms with van der Waals surface area (Å²) in [5.41, 5.74) is 10.0. The van der Waals surface area contributed by atoms with Crippen molar-refractivity contribution in [1.82, 2.24) is 4.98 Å². The zero-order valence-corrected chi connectivity index (χ0v) is 11.3. The second-order valence-corrected chi connectivity index (χ2v) is 5.19. The molecule has 1 aromatic carbocycles. The van der Waals surface area contributed by atoms with Crippen LogP contribution in [0.4, 0.5) is 11.4 Å². The SMILES string of the molecule is Nc1cnc2ccccc2c1NCCc1ccsc1. The first-order chi connectivity index (χ1) is 9.34. The van der Waals surface area contributed by atoms with Crippen molar-refractivity contribution in [3.8, 4) is 0 Å². The maximum atomic E-state index is 6.02. The van der Waals surface area contributed by atoms with Gasteiger partial charge in [-0.15, -0.1) is 0 Å². The van der Waals surface area contributed by atoms with Crippen LogP contribution in [-0.2, 0) is 6.42 Å². The molecule has 19 heavy (non-hydrogen) atoms. The minimum Gasteiger partial charge on any atom is -0.396 e. The molecule has 3 N–H and O–H groups in total. The first kappa shape index (κ1) is 12.0. The Morgan fingerprint density at radius 2 is 2.11 bits per heavy atom. The number of rotatable bonds is 4. The highest BCUT2D eigenvalue weighted by atomic mass is 32.1. The fraction of sp³-hybridized carbons (Fsp3) is 0.133. The number of nitrogens with zero attached hydrogens (tertiary/aromatic N) is 1. The van der Waals surface area contributed by atoms with Gasteiger partial charge in [0.25, 0.3) is 0 Å². The van der Waals surface area contributed by atoms with Crippen molar-refractivity contribution in [2.24, 2.45) is 0 Å². The smallest absolute Gasteiger partial charge is 0.0743 e. The molecule has 0 radical (unpaired) electrons. The first-order valence-corrected chi connectivity index (χ1v) is 7.17. The fourth-order valence-electron chi connectivity index (χ4n) is 2.12. The quantitative estimate of drug-likeness (QED) is 0.761. The lowest BCUT2D eigenvalue weighted by Gasteiger charge is -2.11. The largest absolute Gasteiger partial charge is 0.396 e. The number of aromatic nitrogens is 1. The number of hydrogen-bond donors (Lipinski definition) is 2. The van der Waals surface area contributed by atoms with Gasteiger partial charge in [-0.25, -0.2) is 0 Å². The minimum absolute atomic E-state index is 0.698. The maximum Gasteiger partial charge on any atom is 0.0743 e. The summed E-state index contributed by atoms with van der Waals surface area (Å²) < 4.78 is 0. The molecule has 3 nitrogen and oxygen atoms in total. The van der Waals surface area contributed by atoms with Gasteiger partial charge >= 0.3 is 0 Å². The third-order valence-corrected chi connectivity index (χ3v) is 3.83. The highest BCUT2D eigenvalue weighted by Gasteiger charge is 2.05. The van der Waals surface area contributed by atoms with Crippen molar-refractivity contribution >= 4 is 33.6 Å². The van der Waals surface area contributed by atoms with Crippen LogP contribution in [0.3, 0.4) is 0 Å². The Balaban J connectivity index is 1.81. The topological polar surface area (TPSA) is 50.9 Å². The molecule has 0 fully saturated rings. The maximum absolute atomic E-state index is 6.02. The summed E-state index contributed by atoms with van der Waals surface area (Å²) in [6.45, 7) is 0.870. The van der Waals surface area contributed by atoms with E-state index in [1.807, 2.05) is 24.3 Å². The Labute approximate surface area is 116 Å². The Morgan fingerprint density at radius 3 is 2.95 bits per heavy atom. The van der Waals surface area contributed by atoms with Gasteiger partial charge in [0.2, 0.25) is 0 Å². The summed E-state index contributed by atoms with van der Waals surface area (Å²) in [6.07, 6.45) is 2.72. The Morgan fingerprint density at radius 1 is 1.21 bits per heavy atom. The van der Waals surface area contributed by atoms with Gasteiger partial charge in [0, 0.05) is 11.9 Å². The van der Waals surface area contributed by atoms with Gasteiger partial charge in [0.1, 0.15) is 0 Å². The molecule has 2 aromatic heterocycles. The second kappa shape index (κ2) is 5.28. The molecule has 96 valence electrons. The lowest BCUT2D eigenvalue weighted by Crippen LogP contribution is -2.07. The third kappa shape index (κ3) is 2.53. The van der Waals surface area contributed by atoms with E-state index in [1.54, 1.807) is 17.5 Å². The van der Waals surface area contributed by atoms with E-state index in [4.69, 9.17) is 5.73 Å². The van der Waals surface area contributed by atoms with Crippen LogP contribution in [0.2, 0.25) is 0 Å². The van der Waals surface area contributed by atoms with E-state index < -0.39 is 0 Å². The number of hydrogen-bond acceptors (Lipinski definition) is 4. The number of thiophene rings is 1. The fourth-order valence-corrected chi connectivity index (χ4v) is 2.82. The standard InChI is InChI=1S/C15H15N3S/c16-13-9-18-14-4-2-1-3-12(14)15(13)17-7-5-11-6-8-19-10-11/h1-4,6,8-10H,5,7,16H2,(H,17,18). The zero-order chi connectivity index (χ0) is 13.1. The molecule has 3 aromatic rings. The van der Waals surface area contributed by atoms with Gasteiger partial charge in [0.15, 0.2) is 0 Å². The number of fused-ring (bicyclic) bond motifs is 1. The van der Waals surface area contributed by atoms with E-state index in [-0.39, 0.29) is 0 Å². The Hall–Kier alpha value is -2.07. The highest BCUT2D eigenvalue weighted by molar-refractivity contribution is 7.07. The van der Waals surface area contributed by atoms with Crippen LogP contribution in [0.1, 0.15) is 5.56 Å². The van der Waals surface area contributed by atoms with E-state index in [9.17, 15) is 0 Å². The summed E-state index contributed by atoms with van der Waals surface area (Å²) in [5.74, 6) is 0. The van der Waals surface area contributed by atoms with Gasteiger partial charge in [-0.2, -0.15) is 11.3 Å². The van der Waals surface area contributed by atoms with Crippen LogP contribution < -0.4 is 11.1 Å². The predicted molar refractivity (Wildman–Crippen MR) is 82.7 cm³/mol. The summed E-state index contributed by atoms with van der Waals surface area (Å²) in [6, 6.07) is 10.2. The Bertz CT molecular complexity index is 677. The van der Waals surface area contributed by atoms with Gasteiger partial charge < -0.3 is 11.1 Å². The Kier molecular flexibility index (Phi) is 3.33. The molecule has 3 rings (SSSR count). The lowest BCUT2D eigenvalue weighted by atomic mass is 10.1. The van der Waals surface area contributed by atoms with Crippen LogP contribution in [-0.4, -0.2) is 11.5 Å².